The summed E-state index contributed by atoms with van der Waals surface area (Å²) in [4.78, 5) is 25.1. The van der Waals surface area contributed by atoms with E-state index >= 15 is 0 Å². The molecule has 1 aliphatic heterocycles. The molecule has 224 valence electrons. The van der Waals surface area contributed by atoms with Gasteiger partial charge in [0.15, 0.2) is 0 Å². The van der Waals surface area contributed by atoms with Crippen LogP contribution in [0.5, 0.6) is 11.5 Å². The van der Waals surface area contributed by atoms with Gasteiger partial charge in [-0.15, -0.1) is 0 Å². The number of hydrogen-bond donors (Lipinski definition) is 2. The third-order valence-corrected chi connectivity index (χ3v) is 7.94. The Kier molecular flexibility index (Phi) is 10.2. The Hall–Kier alpha value is -3.76. The lowest BCUT2D eigenvalue weighted by Gasteiger charge is -2.31. The van der Waals surface area contributed by atoms with Crippen LogP contribution in [0.4, 0.5) is 0 Å². The number of carbonyl (C=O) groups is 2. The lowest BCUT2D eigenvalue weighted by Crippen LogP contribution is -2.45. The Balaban J connectivity index is 1.12. The molecule has 10 nitrogen and oxygen atoms in total. The van der Waals surface area contributed by atoms with E-state index in [2.05, 4.69) is 34.9 Å². The fraction of sp³-hybridized carbons (Fsp3) is 0.500. The second kappa shape index (κ2) is 14.4. The lowest BCUT2D eigenvalue weighted by molar-refractivity contribution is -0.271. The summed E-state index contributed by atoms with van der Waals surface area (Å²) in [5.41, 5.74) is 8.37. The van der Waals surface area contributed by atoms with Gasteiger partial charge in [0.05, 0.1) is 13.2 Å². The number of ether oxygens (including phenoxy) is 4. The van der Waals surface area contributed by atoms with E-state index < -0.39 is 12.6 Å². The minimum Gasteiger partial charge on any atom is -0.458 e. The van der Waals surface area contributed by atoms with Gasteiger partial charge in [-0.1, -0.05) is 13.8 Å². The van der Waals surface area contributed by atoms with Gasteiger partial charge in [-0.05, 0) is 112 Å². The van der Waals surface area contributed by atoms with Crippen LogP contribution in [0.2, 0.25) is 0 Å². The first kappa shape index (κ1) is 29.7. The second-order valence-electron chi connectivity index (χ2n) is 11.4. The number of benzene rings is 2. The van der Waals surface area contributed by atoms with Crippen molar-refractivity contribution in [3.8, 4) is 11.5 Å². The molecule has 1 heterocycles. The fourth-order valence-corrected chi connectivity index (χ4v) is 5.11. The number of amides is 2. The first-order valence-electron chi connectivity index (χ1n) is 14.9. The van der Waals surface area contributed by atoms with Crippen molar-refractivity contribution < 1.29 is 28.5 Å². The van der Waals surface area contributed by atoms with Gasteiger partial charge in [-0.2, -0.15) is 10.2 Å². The first-order chi connectivity index (χ1) is 20.4. The maximum atomic E-state index is 12.5. The van der Waals surface area contributed by atoms with Crippen molar-refractivity contribution >= 4 is 23.2 Å². The molecule has 2 aromatic carbocycles. The average Bonchev–Trinajstić information content (AvgIpc) is 3.02. The van der Waals surface area contributed by atoms with E-state index in [0.717, 1.165) is 62.8 Å². The first-order valence-corrected chi connectivity index (χ1v) is 14.9. The molecule has 2 aliphatic carbocycles. The molecule has 0 unspecified atom stereocenters. The van der Waals surface area contributed by atoms with E-state index in [1.807, 2.05) is 0 Å². The molecule has 10 heteroatoms. The Bertz CT molecular complexity index is 1160. The number of hydrazone groups is 2. The van der Waals surface area contributed by atoms with Crippen molar-refractivity contribution in [1.82, 2.24) is 10.9 Å². The molecule has 2 saturated carbocycles. The smallest absolute Gasteiger partial charge is 0.271 e. The Morgan fingerprint density at radius 1 is 0.643 bits per heavy atom. The van der Waals surface area contributed by atoms with Crippen LogP contribution in [0, 0.1) is 11.8 Å². The van der Waals surface area contributed by atoms with Crippen LogP contribution in [0.3, 0.4) is 0 Å². The zero-order chi connectivity index (χ0) is 29.3. The van der Waals surface area contributed by atoms with E-state index in [0.29, 0.717) is 47.7 Å². The molecule has 2 aromatic rings. The highest BCUT2D eigenvalue weighted by atomic mass is 16.8. The van der Waals surface area contributed by atoms with Crippen LogP contribution in [0.15, 0.2) is 58.7 Å². The summed E-state index contributed by atoms with van der Waals surface area (Å²) in [5, 5.41) is 8.62. The van der Waals surface area contributed by atoms with E-state index in [1.165, 1.54) is 0 Å². The van der Waals surface area contributed by atoms with Crippen LogP contribution < -0.4 is 20.3 Å². The van der Waals surface area contributed by atoms with Crippen LogP contribution in [-0.2, 0) is 9.47 Å². The summed E-state index contributed by atoms with van der Waals surface area (Å²) in [5.74, 6) is 1.91. The highest BCUT2D eigenvalue weighted by molar-refractivity contribution is 5.96. The second-order valence-corrected chi connectivity index (χ2v) is 11.4. The van der Waals surface area contributed by atoms with Crippen LogP contribution in [-0.4, -0.2) is 49.0 Å². The molecule has 3 aliphatic rings. The van der Waals surface area contributed by atoms with Crippen molar-refractivity contribution in [1.29, 1.82) is 0 Å². The van der Waals surface area contributed by atoms with Crippen LogP contribution in [0.25, 0.3) is 0 Å². The third kappa shape index (κ3) is 8.39. The minimum atomic E-state index is -0.824. The number of rotatable bonds is 8. The van der Waals surface area contributed by atoms with E-state index in [1.54, 1.807) is 48.5 Å². The number of nitrogens with zero attached hydrogens (tertiary/aromatic N) is 2. The average molecular weight is 577 g/mol. The Morgan fingerprint density at radius 3 is 1.36 bits per heavy atom. The SMILES string of the molecule is CC1CCC(=NNC(=O)c2ccc(O[C@@H]3OCCO[C@H]3Oc3ccc(C(=O)NN=C4CCC(C)CC4)cc3)cc2)CC1. The van der Waals surface area contributed by atoms with Crippen LogP contribution in [0.1, 0.15) is 85.9 Å². The largest absolute Gasteiger partial charge is 0.458 e. The Morgan fingerprint density at radius 2 is 1.00 bits per heavy atom. The molecule has 42 heavy (non-hydrogen) atoms. The number of hydrogen-bond acceptors (Lipinski definition) is 8. The summed E-state index contributed by atoms with van der Waals surface area (Å²) in [6.07, 6.45) is 6.49. The van der Waals surface area contributed by atoms with Gasteiger partial charge in [0.1, 0.15) is 11.5 Å². The fourth-order valence-electron chi connectivity index (χ4n) is 5.11. The van der Waals surface area contributed by atoms with Crippen molar-refractivity contribution in [2.24, 2.45) is 22.0 Å². The summed E-state index contributed by atoms with van der Waals surface area (Å²) < 4.78 is 23.5. The molecule has 0 bridgehead atoms. The third-order valence-electron chi connectivity index (χ3n) is 7.94. The molecule has 0 spiro atoms. The van der Waals surface area contributed by atoms with Gasteiger partial charge in [0.2, 0.25) is 0 Å². The summed E-state index contributed by atoms with van der Waals surface area (Å²) in [6, 6.07) is 13.5. The van der Waals surface area contributed by atoms with Crippen LogP contribution >= 0.6 is 0 Å². The molecule has 2 atom stereocenters. The predicted molar refractivity (Wildman–Crippen MR) is 159 cm³/mol. The Labute approximate surface area is 246 Å². The van der Waals surface area contributed by atoms with E-state index in [9.17, 15) is 9.59 Å². The molecule has 0 aromatic heterocycles. The highest BCUT2D eigenvalue weighted by Crippen LogP contribution is 2.24. The molecule has 2 amide bonds. The topological polar surface area (TPSA) is 120 Å². The monoisotopic (exact) mass is 576 g/mol. The van der Waals surface area contributed by atoms with Crippen molar-refractivity contribution in [3.63, 3.8) is 0 Å². The standard InChI is InChI=1S/C32H40N4O6/c1-21-3-11-25(12-4-21)33-35-29(37)23-7-15-27(16-8-23)41-31-32(40-20-19-39-31)42-28-17-9-24(10-18-28)30(38)36-34-26-13-5-22(2)6-14-26/h7-10,15-18,21-22,31-32H,3-6,11-14,19-20H2,1-2H3,(H,35,37)(H,36,38)/t21?,22?,31-,32-/m0/s1. The molecular formula is C32H40N4O6. The van der Waals surface area contributed by atoms with Gasteiger partial charge in [0, 0.05) is 22.6 Å². The predicted octanol–water partition coefficient (Wildman–Crippen LogP) is 5.44. The zero-order valence-corrected chi connectivity index (χ0v) is 24.3. The minimum absolute atomic E-state index is 0.265. The molecule has 5 rings (SSSR count). The zero-order valence-electron chi connectivity index (χ0n) is 24.3. The molecule has 0 radical (unpaired) electrons. The molecule has 1 saturated heterocycles. The summed E-state index contributed by atoms with van der Waals surface area (Å²) in [7, 11) is 0. The highest BCUT2D eigenvalue weighted by Gasteiger charge is 2.31. The summed E-state index contributed by atoms with van der Waals surface area (Å²) >= 11 is 0. The quantitative estimate of drug-likeness (QED) is 0.404. The number of nitrogens with one attached hydrogen (secondary N) is 2. The van der Waals surface area contributed by atoms with Gasteiger partial charge in [-0.3, -0.25) is 9.59 Å². The van der Waals surface area contributed by atoms with Gasteiger partial charge >= 0.3 is 0 Å². The van der Waals surface area contributed by atoms with E-state index in [4.69, 9.17) is 18.9 Å². The van der Waals surface area contributed by atoms with Crippen molar-refractivity contribution in [2.45, 2.75) is 77.8 Å². The number of carbonyl (C=O) groups excluding carboxylic acids is 2. The van der Waals surface area contributed by atoms with Gasteiger partial charge in [0.25, 0.3) is 24.4 Å². The van der Waals surface area contributed by atoms with Gasteiger partial charge < -0.3 is 18.9 Å². The van der Waals surface area contributed by atoms with Crippen molar-refractivity contribution in [3.05, 3.63) is 59.7 Å². The molecule has 3 fully saturated rings. The molecular weight excluding hydrogens is 536 g/mol. The normalized spacial score (nSPS) is 24.3. The summed E-state index contributed by atoms with van der Waals surface area (Å²) in [6.45, 7) is 5.19. The lowest BCUT2D eigenvalue weighted by atomic mass is 9.90. The van der Waals surface area contributed by atoms with Crippen molar-refractivity contribution in [2.75, 3.05) is 13.2 Å². The van der Waals surface area contributed by atoms with E-state index in [-0.39, 0.29) is 11.8 Å². The maximum absolute atomic E-state index is 12.5. The molecule has 2 N–H and O–H groups in total. The maximum Gasteiger partial charge on any atom is 0.271 e. The van der Waals surface area contributed by atoms with Gasteiger partial charge in [-0.25, -0.2) is 10.9 Å².